The SMILES string of the molecule is OCCN(Cc1ncccc1C(F)(F)F)C1CCCCC1. The minimum absolute atomic E-state index is 0.0454. The zero-order valence-electron chi connectivity index (χ0n) is 11.9. The van der Waals surface area contributed by atoms with Gasteiger partial charge in [-0.1, -0.05) is 19.3 Å². The van der Waals surface area contributed by atoms with Gasteiger partial charge in [0, 0.05) is 25.3 Å². The average Bonchev–Trinajstić information content (AvgIpc) is 2.47. The lowest BCUT2D eigenvalue weighted by atomic mass is 9.94. The second-order valence-electron chi connectivity index (χ2n) is 5.48. The summed E-state index contributed by atoms with van der Waals surface area (Å²) >= 11 is 0. The van der Waals surface area contributed by atoms with Gasteiger partial charge in [0.1, 0.15) is 0 Å². The minimum Gasteiger partial charge on any atom is -0.395 e. The number of nitrogens with zero attached hydrogens (tertiary/aromatic N) is 2. The Morgan fingerprint density at radius 2 is 1.95 bits per heavy atom. The van der Waals surface area contributed by atoms with E-state index in [-0.39, 0.29) is 24.9 Å². The maximum absolute atomic E-state index is 13.0. The summed E-state index contributed by atoms with van der Waals surface area (Å²) in [6, 6.07) is 2.62. The van der Waals surface area contributed by atoms with Crippen molar-refractivity contribution in [3.05, 3.63) is 29.6 Å². The molecule has 1 heterocycles. The third-order valence-electron chi connectivity index (χ3n) is 4.03. The van der Waals surface area contributed by atoms with Gasteiger partial charge in [-0.05, 0) is 25.0 Å². The first-order valence-corrected chi connectivity index (χ1v) is 7.38. The van der Waals surface area contributed by atoms with E-state index in [9.17, 15) is 18.3 Å². The van der Waals surface area contributed by atoms with Crippen LogP contribution < -0.4 is 0 Å². The molecule has 3 nitrogen and oxygen atoms in total. The molecular formula is C15H21F3N2O. The maximum atomic E-state index is 13.0. The molecule has 0 amide bonds. The number of aliphatic hydroxyl groups excluding tert-OH is 1. The lowest BCUT2D eigenvalue weighted by molar-refractivity contribution is -0.138. The van der Waals surface area contributed by atoms with Crippen LogP contribution >= 0.6 is 0 Å². The first-order valence-electron chi connectivity index (χ1n) is 7.38. The number of aliphatic hydroxyl groups is 1. The van der Waals surface area contributed by atoms with Gasteiger partial charge in [0.15, 0.2) is 0 Å². The standard InChI is InChI=1S/C15H21F3N2O/c16-15(17,18)13-7-4-8-19-14(13)11-20(9-10-21)12-5-2-1-3-6-12/h4,7-8,12,21H,1-3,5-6,9-11H2. The number of hydrogen-bond donors (Lipinski definition) is 1. The van der Waals surface area contributed by atoms with Crippen LogP contribution in [0.25, 0.3) is 0 Å². The Kier molecular flexibility index (Phi) is 5.58. The van der Waals surface area contributed by atoms with E-state index in [1.165, 1.54) is 18.7 Å². The highest BCUT2D eigenvalue weighted by molar-refractivity contribution is 5.23. The lowest BCUT2D eigenvalue weighted by Gasteiger charge is -2.34. The fourth-order valence-corrected chi connectivity index (χ4v) is 2.98. The number of pyridine rings is 1. The molecule has 0 aromatic carbocycles. The number of rotatable bonds is 5. The summed E-state index contributed by atoms with van der Waals surface area (Å²) in [4.78, 5) is 5.86. The Hall–Kier alpha value is -1.14. The number of alkyl halides is 3. The van der Waals surface area contributed by atoms with Crippen LogP contribution in [0, 0.1) is 0 Å². The van der Waals surface area contributed by atoms with Gasteiger partial charge in [-0.15, -0.1) is 0 Å². The third-order valence-corrected chi connectivity index (χ3v) is 4.03. The molecule has 1 N–H and O–H groups in total. The molecule has 1 aromatic heterocycles. The lowest BCUT2D eigenvalue weighted by Crippen LogP contribution is -2.39. The van der Waals surface area contributed by atoms with Crippen molar-refractivity contribution < 1.29 is 18.3 Å². The molecule has 1 fully saturated rings. The molecule has 6 heteroatoms. The van der Waals surface area contributed by atoms with Gasteiger partial charge < -0.3 is 5.11 Å². The van der Waals surface area contributed by atoms with E-state index >= 15 is 0 Å². The number of aromatic nitrogens is 1. The molecule has 2 rings (SSSR count). The summed E-state index contributed by atoms with van der Waals surface area (Å²) in [6.07, 6.45) is 2.34. The number of hydrogen-bond acceptors (Lipinski definition) is 3. The molecule has 0 saturated heterocycles. The monoisotopic (exact) mass is 302 g/mol. The Labute approximate surface area is 122 Å². The molecule has 1 saturated carbocycles. The van der Waals surface area contributed by atoms with Crippen molar-refractivity contribution in [1.29, 1.82) is 0 Å². The molecule has 0 bridgehead atoms. The fraction of sp³-hybridized carbons (Fsp3) is 0.667. The Morgan fingerprint density at radius 3 is 2.57 bits per heavy atom. The van der Waals surface area contributed by atoms with E-state index in [1.54, 1.807) is 0 Å². The molecule has 21 heavy (non-hydrogen) atoms. The molecular weight excluding hydrogens is 281 g/mol. The molecule has 0 spiro atoms. The molecule has 0 aliphatic heterocycles. The van der Waals surface area contributed by atoms with Gasteiger partial charge in [-0.3, -0.25) is 9.88 Å². The Morgan fingerprint density at radius 1 is 1.24 bits per heavy atom. The highest BCUT2D eigenvalue weighted by atomic mass is 19.4. The van der Waals surface area contributed by atoms with Crippen LogP contribution in [0.1, 0.15) is 43.4 Å². The largest absolute Gasteiger partial charge is 0.418 e. The van der Waals surface area contributed by atoms with Crippen molar-refractivity contribution in [2.45, 2.75) is 50.9 Å². The first-order chi connectivity index (χ1) is 10.0. The van der Waals surface area contributed by atoms with E-state index in [0.717, 1.165) is 31.7 Å². The molecule has 0 radical (unpaired) electrons. The van der Waals surface area contributed by atoms with Gasteiger partial charge in [0.25, 0.3) is 0 Å². The highest BCUT2D eigenvalue weighted by Crippen LogP contribution is 2.32. The van der Waals surface area contributed by atoms with Crippen molar-refractivity contribution in [3.8, 4) is 0 Å². The molecule has 0 unspecified atom stereocenters. The molecule has 118 valence electrons. The zero-order valence-corrected chi connectivity index (χ0v) is 11.9. The average molecular weight is 302 g/mol. The number of halogens is 3. The summed E-state index contributed by atoms with van der Waals surface area (Å²) in [6.45, 7) is 0.476. The van der Waals surface area contributed by atoms with Crippen molar-refractivity contribution in [2.24, 2.45) is 0 Å². The summed E-state index contributed by atoms with van der Waals surface area (Å²) in [7, 11) is 0. The van der Waals surface area contributed by atoms with Gasteiger partial charge >= 0.3 is 6.18 Å². The maximum Gasteiger partial charge on any atom is 0.418 e. The Balaban J connectivity index is 2.16. The zero-order chi connectivity index (χ0) is 15.3. The second-order valence-corrected chi connectivity index (χ2v) is 5.48. The summed E-state index contributed by atoms with van der Waals surface area (Å²) in [5.74, 6) is 0. The highest BCUT2D eigenvalue weighted by Gasteiger charge is 2.34. The van der Waals surface area contributed by atoms with Crippen LogP contribution in [-0.4, -0.2) is 34.2 Å². The fourth-order valence-electron chi connectivity index (χ4n) is 2.98. The molecule has 1 aliphatic carbocycles. The minimum atomic E-state index is -4.39. The van der Waals surface area contributed by atoms with Crippen molar-refractivity contribution >= 4 is 0 Å². The van der Waals surface area contributed by atoms with Crippen LogP contribution in [0.3, 0.4) is 0 Å². The summed E-state index contributed by atoms with van der Waals surface area (Å²) in [5, 5.41) is 9.19. The quantitative estimate of drug-likeness (QED) is 0.907. The predicted molar refractivity (Wildman–Crippen MR) is 73.6 cm³/mol. The van der Waals surface area contributed by atoms with E-state index in [1.807, 2.05) is 4.90 Å². The van der Waals surface area contributed by atoms with E-state index in [2.05, 4.69) is 4.98 Å². The van der Waals surface area contributed by atoms with Crippen molar-refractivity contribution in [1.82, 2.24) is 9.88 Å². The summed E-state index contributed by atoms with van der Waals surface area (Å²) in [5.41, 5.74) is -0.632. The van der Waals surface area contributed by atoms with Crippen LogP contribution in [0.5, 0.6) is 0 Å². The van der Waals surface area contributed by atoms with Crippen LogP contribution in [0.2, 0.25) is 0 Å². The van der Waals surface area contributed by atoms with E-state index in [4.69, 9.17) is 0 Å². The van der Waals surface area contributed by atoms with E-state index < -0.39 is 11.7 Å². The topological polar surface area (TPSA) is 36.4 Å². The normalized spacial score (nSPS) is 17.4. The van der Waals surface area contributed by atoms with Crippen molar-refractivity contribution in [3.63, 3.8) is 0 Å². The van der Waals surface area contributed by atoms with E-state index in [0.29, 0.717) is 6.54 Å². The second kappa shape index (κ2) is 7.22. The molecule has 1 aliphatic rings. The first kappa shape index (κ1) is 16.2. The predicted octanol–water partition coefficient (Wildman–Crippen LogP) is 3.23. The smallest absolute Gasteiger partial charge is 0.395 e. The molecule has 0 atom stereocenters. The van der Waals surface area contributed by atoms with Gasteiger partial charge in [-0.2, -0.15) is 13.2 Å². The summed E-state index contributed by atoms with van der Waals surface area (Å²) < 4.78 is 39.1. The Bertz CT molecular complexity index is 445. The molecule has 1 aromatic rings. The van der Waals surface area contributed by atoms with Gasteiger partial charge in [0.2, 0.25) is 0 Å². The van der Waals surface area contributed by atoms with Gasteiger partial charge in [-0.25, -0.2) is 0 Å². The van der Waals surface area contributed by atoms with Crippen LogP contribution in [0.4, 0.5) is 13.2 Å². The van der Waals surface area contributed by atoms with Crippen molar-refractivity contribution in [2.75, 3.05) is 13.2 Å². The van der Waals surface area contributed by atoms with Crippen LogP contribution in [0.15, 0.2) is 18.3 Å². The van der Waals surface area contributed by atoms with Gasteiger partial charge in [0.05, 0.1) is 17.9 Å². The van der Waals surface area contributed by atoms with Crippen LogP contribution in [-0.2, 0) is 12.7 Å². The third kappa shape index (κ3) is 4.41.